The van der Waals surface area contributed by atoms with Gasteiger partial charge in [-0.15, -0.1) is 0 Å². The zero-order chi connectivity index (χ0) is 14.7. The number of nitrogens with two attached hydrogens (primary N) is 1. The van der Waals surface area contributed by atoms with Crippen LogP contribution >= 0.6 is 23.1 Å². The van der Waals surface area contributed by atoms with Gasteiger partial charge in [0.05, 0.1) is 16.0 Å². The minimum Gasteiger partial charge on any atom is -0.381 e. The van der Waals surface area contributed by atoms with Gasteiger partial charge in [0.15, 0.2) is 10.9 Å². The predicted molar refractivity (Wildman–Crippen MR) is 85.4 cm³/mol. The molecular weight excluding hydrogens is 306 g/mol. The van der Waals surface area contributed by atoms with E-state index in [-0.39, 0.29) is 11.7 Å². The number of nitrogen functional groups attached to an aromatic ring is 1. The van der Waals surface area contributed by atoms with Crippen LogP contribution in [0.1, 0.15) is 0 Å². The van der Waals surface area contributed by atoms with Crippen LogP contribution in [0.4, 0.5) is 10.9 Å². The van der Waals surface area contributed by atoms with Crippen LogP contribution in [0.5, 0.6) is 0 Å². The van der Waals surface area contributed by atoms with Crippen LogP contribution in [0, 0.1) is 0 Å². The van der Waals surface area contributed by atoms with Crippen LogP contribution in [0.15, 0.2) is 41.7 Å². The molecule has 0 spiro atoms. The molecule has 2 aromatic heterocycles. The minimum atomic E-state index is -0.149. The number of thiazole rings is 1. The van der Waals surface area contributed by atoms with Crippen molar-refractivity contribution in [2.45, 2.75) is 5.03 Å². The molecule has 0 unspecified atom stereocenters. The number of fused-ring (bicyclic) bond motifs is 1. The molecule has 2 heterocycles. The van der Waals surface area contributed by atoms with E-state index in [1.807, 2.05) is 24.3 Å². The Balaban J connectivity index is 1.62. The van der Waals surface area contributed by atoms with Gasteiger partial charge >= 0.3 is 0 Å². The summed E-state index contributed by atoms with van der Waals surface area (Å²) in [5.74, 6) is 0.387. The molecule has 0 aliphatic rings. The molecule has 0 aliphatic heterocycles. The highest BCUT2D eigenvalue weighted by Gasteiger charge is 2.10. The number of carbonyl (C=O) groups is 1. The number of amides is 1. The summed E-state index contributed by atoms with van der Waals surface area (Å²) in [4.78, 5) is 24.3. The largest absolute Gasteiger partial charge is 0.381 e. The van der Waals surface area contributed by atoms with Crippen molar-refractivity contribution in [2.24, 2.45) is 0 Å². The summed E-state index contributed by atoms with van der Waals surface area (Å²) in [6, 6.07) is 7.74. The minimum absolute atomic E-state index is 0.149. The third kappa shape index (κ3) is 3.29. The smallest absolute Gasteiger partial charge is 0.236 e. The highest BCUT2D eigenvalue weighted by Crippen LogP contribution is 2.26. The first-order valence-corrected chi connectivity index (χ1v) is 7.87. The Labute approximate surface area is 128 Å². The van der Waals surface area contributed by atoms with Gasteiger partial charge in [0.25, 0.3) is 0 Å². The number of anilines is 2. The number of benzene rings is 1. The average Bonchev–Trinajstić information content (AvgIpc) is 2.88. The maximum absolute atomic E-state index is 11.9. The first kappa shape index (κ1) is 13.8. The molecule has 0 saturated carbocycles. The van der Waals surface area contributed by atoms with Gasteiger partial charge < -0.3 is 11.1 Å². The summed E-state index contributed by atoms with van der Waals surface area (Å²) in [7, 11) is 0. The molecule has 1 aromatic carbocycles. The van der Waals surface area contributed by atoms with Crippen molar-refractivity contribution in [2.75, 3.05) is 16.8 Å². The van der Waals surface area contributed by atoms with E-state index >= 15 is 0 Å². The van der Waals surface area contributed by atoms with Gasteiger partial charge in [0.1, 0.15) is 5.03 Å². The Kier molecular flexibility index (Phi) is 3.98. The maximum Gasteiger partial charge on any atom is 0.236 e. The van der Waals surface area contributed by atoms with E-state index in [1.54, 1.807) is 6.20 Å². The summed E-state index contributed by atoms with van der Waals surface area (Å²) in [5, 5.41) is 3.92. The van der Waals surface area contributed by atoms with Crippen LogP contribution in [0.3, 0.4) is 0 Å². The van der Waals surface area contributed by atoms with E-state index in [0.717, 1.165) is 10.2 Å². The standard InChI is InChI=1S/C13H11N5OS2/c14-11-12(16-6-5-15-11)20-7-10(19)18-13-17-8-3-1-2-4-9(8)21-13/h1-6H,7H2,(H2,14,15)(H,17,18,19). The Hall–Kier alpha value is -2.19. The molecule has 106 valence electrons. The number of rotatable bonds is 4. The highest BCUT2D eigenvalue weighted by atomic mass is 32.2. The van der Waals surface area contributed by atoms with Crippen molar-refractivity contribution in [3.8, 4) is 0 Å². The molecule has 0 radical (unpaired) electrons. The molecule has 8 heteroatoms. The lowest BCUT2D eigenvalue weighted by molar-refractivity contribution is -0.113. The molecule has 6 nitrogen and oxygen atoms in total. The van der Waals surface area contributed by atoms with E-state index in [1.165, 1.54) is 29.3 Å². The second-order valence-electron chi connectivity index (χ2n) is 4.07. The number of nitrogens with one attached hydrogen (secondary N) is 1. The predicted octanol–water partition coefficient (Wildman–Crippen LogP) is 2.40. The fourth-order valence-electron chi connectivity index (χ4n) is 1.66. The number of carbonyl (C=O) groups excluding carboxylic acids is 1. The normalized spacial score (nSPS) is 10.7. The summed E-state index contributed by atoms with van der Waals surface area (Å²) in [5.41, 5.74) is 6.55. The fraction of sp³-hybridized carbons (Fsp3) is 0.0769. The SMILES string of the molecule is Nc1nccnc1SCC(=O)Nc1nc2ccccc2s1. The lowest BCUT2D eigenvalue weighted by Crippen LogP contribution is -2.14. The van der Waals surface area contributed by atoms with Crippen molar-refractivity contribution in [1.29, 1.82) is 0 Å². The number of nitrogens with zero attached hydrogens (tertiary/aromatic N) is 3. The van der Waals surface area contributed by atoms with Crippen molar-refractivity contribution in [3.05, 3.63) is 36.7 Å². The molecule has 3 rings (SSSR count). The third-order valence-electron chi connectivity index (χ3n) is 2.57. The Morgan fingerprint density at radius 1 is 1.29 bits per heavy atom. The Morgan fingerprint density at radius 2 is 2.10 bits per heavy atom. The van der Waals surface area contributed by atoms with Crippen molar-refractivity contribution >= 4 is 50.2 Å². The van der Waals surface area contributed by atoms with Gasteiger partial charge in [0.2, 0.25) is 5.91 Å². The van der Waals surface area contributed by atoms with Gasteiger partial charge in [-0.2, -0.15) is 0 Å². The number of hydrogen-bond donors (Lipinski definition) is 2. The molecule has 1 amide bonds. The summed E-state index contributed by atoms with van der Waals surface area (Å²) in [6.07, 6.45) is 3.06. The first-order valence-electron chi connectivity index (χ1n) is 6.07. The number of hydrogen-bond acceptors (Lipinski definition) is 7. The lowest BCUT2D eigenvalue weighted by Gasteiger charge is -2.02. The molecular formula is C13H11N5OS2. The van der Waals surface area contributed by atoms with Crippen molar-refractivity contribution < 1.29 is 4.79 Å². The van der Waals surface area contributed by atoms with Crippen LogP contribution < -0.4 is 11.1 Å². The van der Waals surface area contributed by atoms with E-state index in [4.69, 9.17) is 5.73 Å². The highest BCUT2D eigenvalue weighted by molar-refractivity contribution is 8.00. The molecule has 0 aliphatic carbocycles. The second kappa shape index (κ2) is 6.06. The van der Waals surface area contributed by atoms with E-state index in [9.17, 15) is 4.79 Å². The Bertz CT molecular complexity index is 756. The first-order chi connectivity index (χ1) is 10.2. The summed E-state index contributed by atoms with van der Waals surface area (Å²) in [6.45, 7) is 0. The van der Waals surface area contributed by atoms with Gasteiger partial charge in [-0.1, -0.05) is 35.2 Å². The quantitative estimate of drug-likeness (QED) is 0.718. The van der Waals surface area contributed by atoms with Gasteiger partial charge in [-0.05, 0) is 12.1 Å². The molecule has 0 fully saturated rings. The number of para-hydroxylation sites is 1. The monoisotopic (exact) mass is 317 g/mol. The van der Waals surface area contributed by atoms with Gasteiger partial charge in [-0.25, -0.2) is 15.0 Å². The number of aromatic nitrogens is 3. The lowest BCUT2D eigenvalue weighted by atomic mass is 10.3. The summed E-state index contributed by atoms with van der Waals surface area (Å²) >= 11 is 2.69. The third-order valence-corrected chi connectivity index (χ3v) is 4.52. The number of thioether (sulfide) groups is 1. The van der Waals surface area contributed by atoms with Gasteiger partial charge in [-0.3, -0.25) is 4.79 Å². The van der Waals surface area contributed by atoms with E-state index in [2.05, 4.69) is 20.3 Å². The molecule has 3 N–H and O–H groups in total. The topological polar surface area (TPSA) is 93.8 Å². The molecule has 0 atom stereocenters. The van der Waals surface area contributed by atoms with Crippen molar-refractivity contribution in [3.63, 3.8) is 0 Å². The maximum atomic E-state index is 11.9. The average molecular weight is 317 g/mol. The zero-order valence-electron chi connectivity index (χ0n) is 10.8. The van der Waals surface area contributed by atoms with Crippen LogP contribution in [-0.2, 0) is 4.79 Å². The zero-order valence-corrected chi connectivity index (χ0v) is 12.4. The van der Waals surface area contributed by atoms with Crippen LogP contribution in [0.25, 0.3) is 10.2 Å². The van der Waals surface area contributed by atoms with Crippen molar-refractivity contribution in [1.82, 2.24) is 15.0 Å². The van der Waals surface area contributed by atoms with E-state index < -0.39 is 0 Å². The fourth-order valence-corrected chi connectivity index (χ4v) is 3.22. The van der Waals surface area contributed by atoms with Crippen LogP contribution in [0.2, 0.25) is 0 Å². The Morgan fingerprint density at radius 3 is 2.90 bits per heavy atom. The molecule has 21 heavy (non-hydrogen) atoms. The molecule has 3 aromatic rings. The molecule has 0 saturated heterocycles. The summed E-state index contributed by atoms with van der Waals surface area (Å²) < 4.78 is 1.04. The van der Waals surface area contributed by atoms with Gasteiger partial charge in [0, 0.05) is 12.4 Å². The molecule has 0 bridgehead atoms. The second-order valence-corrected chi connectivity index (χ2v) is 6.07. The van der Waals surface area contributed by atoms with Crippen LogP contribution in [-0.4, -0.2) is 26.6 Å². The van der Waals surface area contributed by atoms with E-state index in [0.29, 0.717) is 16.0 Å².